The normalized spacial score (nSPS) is 21.6. The van der Waals surface area contributed by atoms with E-state index in [-0.39, 0.29) is 18.9 Å². The summed E-state index contributed by atoms with van der Waals surface area (Å²) in [5.74, 6) is -0.675. The number of nitrogens with two attached hydrogens (primary N) is 1. The third-order valence-corrected chi connectivity index (χ3v) is 4.47. The molecule has 1 fully saturated rings. The maximum absolute atomic E-state index is 12.6. The molecule has 5 nitrogen and oxygen atoms in total. The van der Waals surface area contributed by atoms with E-state index < -0.39 is 11.5 Å². The molecule has 1 heterocycles. The molecule has 1 aliphatic rings. The molecule has 1 aromatic rings. The molecule has 24 heavy (non-hydrogen) atoms. The van der Waals surface area contributed by atoms with Gasteiger partial charge in [0.05, 0.1) is 18.6 Å². The van der Waals surface area contributed by atoms with Gasteiger partial charge in [0.1, 0.15) is 0 Å². The summed E-state index contributed by atoms with van der Waals surface area (Å²) in [7, 11) is 0. The summed E-state index contributed by atoms with van der Waals surface area (Å²) >= 11 is 0. The van der Waals surface area contributed by atoms with Gasteiger partial charge in [-0.05, 0) is 37.3 Å². The van der Waals surface area contributed by atoms with Crippen LogP contribution in [-0.4, -0.2) is 40.5 Å². The van der Waals surface area contributed by atoms with Crippen molar-refractivity contribution in [3.05, 3.63) is 41.5 Å². The van der Waals surface area contributed by atoms with E-state index in [9.17, 15) is 14.7 Å². The Labute approximate surface area is 143 Å². The number of nitrogens with zero attached hydrogens (tertiary/aromatic N) is 1. The number of benzene rings is 1. The van der Waals surface area contributed by atoms with Crippen molar-refractivity contribution in [1.29, 1.82) is 0 Å². The minimum atomic E-state index is -1.20. The Morgan fingerprint density at radius 3 is 2.58 bits per heavy atom. The first-order chi connectivity index (χ1) is 11.3. The number of β-amino-alcohol motifs (C(OH)–C–C–N with tert-alkyl or cyclic N) is 1. The number of carbonyl (C=O) groups is 2. The Bertz CT molecular complexity index is 637. The van der Waals surface area contributed by atoms with E-state index >= 15 is 0 Å². The smallest absolute Gasteiger partial charge is 0.246 e. The molecule has 0 bridgehead atoms. The van der Waals surface area contributed by atoms with E-state index in [1.807, 2.05) is 38.1 Å². The summed E-state index contributed by atoms with van der Waals surface area (Å²) in [5, 5.41) is 10.5. The van der Waals surface area contributed by atoms with Crippen LogP contribution in [0.4, 0.5) is 0 Å². The molecule has 5 heteroatoms. The van der Waals surface area contributed by atoms with Crippen LogP contribution >= 0.6 is 0 Å². The van der Waals surface area contributed by atoms with Crippen molar-refractivity contribution in [3.63, 3.8) is 0 Å². The molecule has 1 unspecified atom stereocenters. The van der Waals surface area contributed by atoms with Crippen LogP contribution in [0, 0.1) is 6.92 Å². The summed E-state index contributed by atoms with van der Waals surface area (Å²) in [6.45, 7) is 4.77. The van der Waals surface area contributed by atoms with Gasteiger partial charge in [0.25, 0.3) is 0 Å². The number of amides is 2. The Morgan fingerprint density at radius 2 is 2.00 bits per heavy atom. The van der Waals surface area contributed by atoms with Gasteiger partial charge in [-0.1, -0.05) is 36.8 Å². The number of primary amides is 1. The molecule has 130 valence electrons. The fraction of sp³-hybridized carbons (Fsp3) is 0.474. The van der Waals surface area contributed by atoms with Gasteiger partial charge in [0, 0.05) is 12.6 Å². The monoisotopic (exact) mass is 330 g/mol. The number of carbonyl (C=O) groups excluding carboxylic acids is 2. The molecule has 2 rings (SSSR count). The zero-order valence-electron chi connectivity index (χ0n) is 14.4. The number of hydrogen-bond donors (Lipinski definition) is 2. The zero-order chi connectivity index (χ0) is 17.7. The van der Waals surface area contributed by atoms with Gasteiger partial charge in [-0.2, -0.15) is 0 Å². The van der Waals surface area contributed by atoms with Crippen LogP contribution in [0.5, 0.6) is 0 Å². The lowest BCUT2D eigenvalue weighted by atomic mass is 9.89. The molecule has 1 aliphatic heterocycles. The minimum Gasteiger partial charge on any atom is -0.388 e. The number of likely N-dealkylation sites (tertiary alicyclic amines) is 1. The third-order valence-electron chi connectivity index (χ3n) is 4.47. The first-order valence-corrected chi connectivity index (χ1v) is 8.40. The zero-order valence-corrected chi connectivity index (χ0v) is 14.4. The lowest BCUT2D eigenvalue weighted by molar-refractivity contribution is -0.137. The molecular weight excluding hydrogens is 304 g/mol. The second kappa shape index (κ2) is 7.62. The molecule has 2 amide bonds. The molecule has 0 aromatic heterocycles. The fourth-order valence-electron chi connectivity index (χ4n) is 3.17. The lowest BCUT2D eigenvalue weighted by Crippen LogP contribution is -2.51. The molecule has 0 saturated carbocycles. The molecule has 1 saturated heterocycles. The SMILES string of the molecule is CC/C(=C\C(=O)N1CCCC(O)(CC(N)=O)C1)c1ccc(C)cc1. The largest absolute Gasteiger partial charge is 0.388 e. The predicted molar refractivity (Wildman–Crippen MR) is 94.0 cm³/mol. The van der Waals surface area contributed by atoms with Crippen molar-refractivity contribution in [1.82, 2.24) is 4.90 Å². The number of aliphatic hydroxyl groups is 1. The maximum Gasteiger partial charge on any atom is 0.246 e. The Kier molecular flexibility index (Phi) is 5.78. The predicted octanol–water partition coefficient (Wildman–Crippen LogP) is 2.02. The minimum absolute atomic E-state index is 0.112. The van der Waals surface area contributed by atoms with Crippen molar-refractivity contribution in [2.45, 2.75) is 45.1 Å². The van der Waals surface area contributed by atoms with Crippen molar-refractivity contribution < 1.29 is 14.7 Å². The topological polar surface area (TPSA) is 83.6 Å². The lowest BCUT2D eigenvalue weighted by Gasteiger charge is -2.38. The van der Waals surface area contributed by atoms with E-state index in [4.69, 9.17) is 5.73 Å². The fourth-order valence-corrected chi connectivity index (χ4v) is 3.17. The van der Waals surface area contributed by atoms with Crippen molar-refractivity contribution >= 4 is 17.4 Å². The highest BCUT2D eigenvalue weighted by molar-refractivity contribution is 5.95. The Morgan fingerprint density at radius 1 is 1.33 bits per heavy atom. The van der Waals surface area contributed by atoms with E-state index in [1.165, 1.54) is 5.56 Å². The number of aryl methyl sites for hydroxylation is 1. The Balaban J connectivity index is 2.14. The van der Waals surface area contributed by atoms with Crippen LogP contribution in [0.1, 0.15) is 43.7 Å². The number of hydrogen-bond acceptors (Lipinski definition) is 3. The maximum atomic E-state index is 12.6. The highest BCUT2D eigenvalue weighted by Crippen LogP contribution is 2.25. The Hall–Kier alpha value is -2.14. The summed E-state index contributed by atoms with van der Waals surface area (Å²) < 4.78 is 0. The van der Waals surface area contributed by atoms with Gasteiger partial charge in [-0.25, -0.2) is 0 Å². The highest BCUT2D eigenvalue weighted by atomic mass is 16.3. The van der Waals surface area contributed by atoms with Crippen molar-refractivity contribution in [2.24, 2.45) is 5.73 Å². The van der Waals surface area contributed by atoms with Crippen LogP contribution in [0.15, 0.2) is 30.3 Å². The summed E-state index contributed by atoms with van der Waals surface area (Å²) in [5.41, 5.74) is 7.17. The molecule has 0 aliphatic carbocycles. The highest BCUT2D eigenvalue weighted by Gasteiger charge is 2.36. The number of allylic oxidation sites excluding steroid dienone is 1. The van der Waals surface area contributed by atoms with Gasteiger partial charge >= 0.3 is 0 Å². The molecule has 3 N–H and O–H groups in total. The van der Waals surface area contributed by atoms with Gasteiger partial charge in [-0.3, -0.25) is 9.59 Å². The average Bonchev–Trinajstić information content (AvgIpc) is 2.52. The average molecular weight is 330 g/mol. The van der Waals surface area contributed by atoms with Crippen molar-refractivity contribution in [2.75, 3.05) is 13.1 Å². The van der Waals surface area contributed by atoms with Gasteiger partial charge < -0.3 is 15.7 Å². The molecule has 0 spiro atoms. The standard InChI is InChI=1S/C19H26N2O3/c1-3-15(16-7-5-14(2)6-8-16)11-18(23)21-10-4-9-19(24,13-21)12-17(20)22/h5-8,11,24H,3-4,9-10,12-13H2,1-2H3,(H2,20,22)/b15-11+. The van der Waals surface area contributed by atoms with Crippen molar-refractivity contribution in [3.8, 4) is 0 Å². The first kappa shape index (κ1) is 18.2. The summed E-state index contributed by atoms with van der Waals surface area (Å²) in [6, 6.07) is 8.07. The third kappa shape index (κ3) is 4.68. The molecule has 1 atom stereocenters. The van der Waals surface area contributed by atoms with E-state index in [0.717, 1.165) is 17.6 Å². The second-order valence-electron chi connectivity index (χ2n) is 6.62. The summed E-state index contributed by atoms with van der Waals surface area (Å²) in [6.07, 6.45) is 3.42. The summed E-state index contributed by atoms with van der Waals surface area (Å²) in [4.78, 5) is 25.3. The molecule has 0 radical (unpaired) electrons. The first-order valence-electron chi connectivity index (χ1n) is 8.40. The van der Waals surface area contributed by atoms with Gasteiger partial charge in [0.2, 0.25) is 11.8 Å². The van der Waals surface area contributed by atoms with Gasteiger partial charge in [0.15, 0.2) is 0 Å². The van der Waals surface area contributed by atoms with E-state index in [0.29, 0.717) is 19.4 Å². The molecular formula is C19H26N2O3. The van der Waals surface area contributed by atoms with Crippen LogP contribution < -0.4 is 5.73 Å². The van der Waals surface area contributed by atoms with Crippen LogP contribution in [0.3, 0.4) is 0 Å². The van der Waals surface area contributed by atoms with E-state index in [1.54, 1.807) is 11.0 Å². The van der Waals surface area contributed by atoms with E-state index in [2.05, 4.69) is 0 Å². The van der Waals surface area contributed by atoms with Crippen LogP contribution in [0.2, 0.25) is 0 Å². The quantitative estimate of drug-likeness (QED) is 0.810. The molecule has 1 aromatic carbocycles. The second-order valence-corrected chi connectivity index (χ2v) is 6.62. The number of rotatable bonds is 5. The van der Waals surface area contributed by atoms with Gasteiger partial charge in [-0.15, -0.1) is 0 Å². The number of piperidine rings is 1. The van der Waals surface area contributed by atoms with Crippen LogP contribution in [-0.2, 0) is 9.59 Å². The van der Waals surface area contributed by atoms with Crippen LogP contribution in [0.25, 0.3) is 5.57 Å².